The summed E-state index contributed by atoms with van der Waals surface area (Å²) < 4.78 is 28.3. The molecule has 28 heavy (non-hydrogen) atoms. The maximum Gasteiger partial charge on any atom is 0.285 e. The Labute approximate surface area is 172 Å². The van der Waals surface area contributed by atoms with Crippen LogP contribution in [0.1, 0.15) is 31.2 Å². The van der Waals surface area contributed by atoms with Crippen molar-refractivity contribution >= 4 is 34.2 Å². The average Bonchev–Trinajstić information content (AvgIpc) is 3.45. The van der Waals surface area contributed by atoms with Crippen LogP contribution in [0, 0.1) is 5.92 Å². The van der Waals surface area contributed by atoms with Gasteiger partial charge in [-0.25, -0.2) is 0 Å². The third-order valence-electron chi connectivity index (χ3n) is 5.59. The third kappa shape index (κ3) is 4.50. The van der Waals surface area contributed by atoms with Gasteiger partial charge in [0.25, 0.3) is 10.0 Å². The summed E-state index contributed by atoms with van der Waals surface area (Å²) in [5.41, 5.74) is 0.566. The monoisotopic (exact) mass is 426 g/mol. The minimum atomic E-state index is -3.66. The molecule has 0 atom stereocenters. The number of amidine groups is 1. The minimum absolute atomic E-state index is 0. The van der Waals surface area contributed by atoms with E-state index < -0.39 is 10.0 Å². The molecule has 7 nitrogen and oxygen atoms in total. The zero-order chi connectivity index (χ0) is 19.0. The zero-order valence-electron chi connectivity index (χ0n) is 16.0. The molecule has 3 aliphatic rings. The van der Waals surface area contributed by atoms with Crippen molar-refractivity contribution in [1.29, 1.82) is 0 Å². The first-order valence-electron chi connectivity index (χ1n) is 9.61. The van der Waals surface area contributed by atoms with E-state index in [-0.39, 0.29) is 29.8 Å². The molecule has 154 valence electrons. The summed E-state index contributed by atoms with van der Waals surface area (Å²) in [7, 11) is -1.94. The Morgan fingerprint density at radius 2 is 1.89 bits per heavy atom. The van der Waals surface area contributed by atoms with E-state index in [1.165, 1.54) is 12.8 Å². The van der Waals surface area contributed by atoms with Gasteiger partial charge in [0.2, 0.25) is 5.91 Å². The van der Waals surface area contributed by atoms with Gasteiger partial charge in [0.1, 0.15) is 4.90 Å². The van der Waals surface area contributed by atoms with Crippen molar-refractivity contribution in [3.05, 3.63) is 29.8 Å². The van der Waals surface area contributed by atoms with Gasteiger partial charge in [-0.15, -0.1) is 16.8 Å². The van der Waals surface area contributed by atoms with Crippen LogP contribution < -0.4 is 5.32 Å². The number of halogens is 1. The van der Waals surface area contributed by atoms with Crippen LogP contribution in [-0.2, 0) is 14.8 Å². The van der Waals surface area contributed by atoms with Crippen molar-refractivity contribution in [2.75, 3.05) is 33.2 Å². The number of benzene rings is 1. The molecule has 0 unspecified atom stereocenters. The SMILES string of the molecule is CN(CC(=O)N1CCC(NCC2CC2)CC1)C1=NS(=O)(=O)c2ccccc21.Cl. The molecule has 9 heteroatoms. The van der Waals surface area contributed by atoms with E-state index in [1.54, 1.807) is 36.2 Å². The topological polar surface area (TPSA) is 82.1 Å². The number of sulfonamides is 1. The fourth-order valence-electron chi connectivity index (χ4n) is 3.73. The van der Waals surface area contributed by atoms with Gasteiger partial charge >= 0.3 is 0 Å². The van der Waals surface area contributed by atoms with Crippen LogP contribution in [-0.4, -0.2) is 69.2 Å². The van der Waals surface area contributed by atoms with Gasteiger partial charge in [0.05, 0.1) is 6.54 Å². The molecule has 1 amide bonds. The number of likely N-dealkylation sites (tertiary alicyclic amines) is 1. The number of hydrogen-bond donors (Lipinski definition) is 1. The lowest BCUT2D eigenvalue weighted by atomic mass is 10.0. The van der Waals surface area contributed by atoms with Crippen LogP contribution in [0.4, 0.5) is 0 Å². The van der Waals surface area contributed by atoms with Crippen LogP contribution in [0.25, 0.3) is 0 Å². The molecule has 0 spiro atoms. The van der Waals surface area contributed by atoms with Crippen molar-refractivity contribution in [1.82, 2.24) is 15.1 Å². The lowest BCUT2D eigenvalue weighted by Crippen LogP contribution is -2.48. The van der Waals surface area contributed by atoms with Crippen LogP contribution in [0.2, 0.25) is 0 Å². The predicted molar refractivity (Wildman–Crippen MR) is 110 cm³/mol. The number of hydrogen-bond acceptors (Lipinski definition) is 5. The maximum absolute atomic E-state index is 12.7. The summed E-state index contributed by atoms with van der Waals surface area (Å²) >= 11 is 0. The van der Waals surface area contributed by atoms with E-state index in [9.17, 15) is 13.2 Å². The first-order valence-corrected chi connectivity index (χ1v) is 11.0. The molecule has 1 aromatic rings. The summed E-state index contributed by atoms with van der Waals surface area (Å²) in [5.74, 6) is 1.23. The third-order valence-corrected chi connectivity index (χ3v) is 6.91. The van der Waals surface area contributed by atoms with Crippen LogP contribution in [0.3, 0.4) is 0 Å². The molecule has 1 aliphatic carbocycles. The van der Waals surface area contributed by atoms with Crippen molar-refractivity contribution in [2.45, 2.75) is 36.6 Å². The summed E-state index contributed by atoms with van der Waals surface area (Å²) in [6.07, 6.45) is 4.64. The smallest absolute Gasteiger partial charge is 0.285 e. The average molecular weight is 427 g/mol. The first-order chi connectivity index (χ1) is 12.9. The highest BCUT2D eigenvalue weighted by Gasteiger charge is 2.32. The molecule has 2 fully saturated rings. The predicted octanol–water partition coefficient (Wildman–Crippen LogP) is 1.48. The Morgan fingerprint density at radius 1 is 1.21 bits per heavy atom. The number of nitrogens with one attached hydrogen (secondary N) is 1. The lowest BCUT2D eigenvalue weighted by Gasteiger charge is -2.33. The van der Waals surface area contributed by atoms with E-state index >= 15 is 0 Å². The second-order valence-electron chi connectivity index (χ2n) is 7.75. The van der Waals surface area contributed by atoms with Crippen molar-refractivity contribution in [3.8, 4) is 0 Å². The Balaban J connectivity index is 0.00000225. The summed E-state index contributed by atoms with van der Waals surface area (Å²) in [6.45, 7) is 2.73. The molecule has 1 saturated heterocycles. The van der Waals surface area contributed by atoms with Gasteiger partial charge in [-0.3, -0.25) is 4.79 Å². The van der Waals surface area contributed by atoms with Crippen molar-refractivity contribution in [3.63, 3.8) is 0 Å². The summed E-state index contributed by atoms with van der Waals surface area (Å²) in [6, 6.07) is 7.25. The molecule has 1 saturated carbocycles. The van der Waals surface area contributed by atoms with Gasteiger partial charge in [0, 0.05) is 31.7 Å². The molecular formula is C19H27ClN4O3S. The van der Waals surface area contributed by atoms with Gasteiger partial charge in [-0.05, 0) is 50.3 Å². The van der Waals surface area contributed by atoms with Gasteiger partial charge in [-0.2, -0.15) is 8.42 Å². The Morgan fingerprint density at radius 3 is 2.57 bits per heavy atom. The Kier molecular flexibility index (Phi) is 6.31. The molecule has 0 aromatic heterocycles. The number of fused-ring (bicyclic) bond motifs is 1. The van der Waals surface area contributed by atoms with E-state index in [4.69, 9.17) is 0 Å². The molecule has 2 aliphatic heterocycles. The van der Waals surface area contributed by atoms with Crippen molar-refractivity contribution < 1.29 is 13.2 Å². The molecule has 2 heterocycles. The normalized spacial score (nSPS) is 20.9. The molecule has 0 bridgehead atoms. The number of likely N-dealkylation sites (N-methyl/N-ethyl adjacent to an activating group) is 1. The van der Waals surface area contributed by atoms with Gasteiger partial charge in [-0.1, -0.05) is 12.1 Å². The van der Waals surface area contributed by atoms with E-state index in [1.807, 2.05) is 4.90 Å². The van der Waals surface area contributed by atoms with E-state index in [0.717, 1.165) is 38.4 Å². The molecule has 1 N–H and O–H groups in total. The fraction of sp³-hybridized carbons (Fsp3) is 0.579. The molecule has 1 aromatic carbocycles. The largest absolute Gasteiger partial charge is 0.349 e. The van der Waals surface area contributed by atoms with Crippen LogP contribution >= 0.6 is 12.4 Å². The van der Waals surface area contributed by atoms with Crippen LogP contribution in [0.5, 0.6) is 0 Å². The Hall–Kier alpha value is -1.64. The number of carbonyl (C=O) groups excluding carboxylic acids is 1. The molecule has 4 rings (SSSR count). The number of rotatable bonds is 5. The lowest BCUT2D eigenvalue weighted by molar-refractivity contribution is -0.132. The first kappa shape index (κ1) is 21.1. The number of amides is 1. The maximum atomic E-state index is 12.7. The van der Waals surface area contributed by atoms with E-state index in [0.29, 0.717) is 17.4 Å². The second kappa shape index (κ2) is 8.39. The van der Waals surface area contributed by atoms with Gasteiger partial charge < -0.3 is 15.1 Å². The summed E-state index contributed by atoms with van der Waals surface area (Å²) in [5, 5.41) is 3.61. The number of nitrogens with zero attached hydrogens (tertiary/aromatic N) is 3. The fourth-order valence-corrected chi connectivity index (χ4v) is 4.98. The summed E-state index contributed by atoms with van der Waals surface area (Å²) in [4.78, 5) is 16.4. The minimum Gasteiger partial charge on any atom is -0.349 e. The Bertz CT molecular complexity index is 862. The molecule has 0 radical (unpaired) electrons. The van der Waals surface area contributed by atoms with E-state index in [2.05, 4.69) is 9.71 Å². The number of piperidine rings is 1. The number of carbonyl (C=O) groups is 1. The highest BCUT2D eigenvalue weighted by atomic mass is 35.5. The van der Waals surface area contributed by atoms with Gasteiger partial charge in [0.15, 0.2) is 5.84 Å². The highest BCUT2D eigenvalue weighted by molar-refractivity contribution is 7.90. The van der Waals surface area contributed by atoms with Crippen LogP contribution in [0.15, 0.2) is 33.6 Å². The zero-order valence-corrected chi connectivity index (χ0v) is 17.6. The highest BCUT2D eigenvalue weighted by Crippen LogP contribution is 2.28. The van der Waals surface area contributed by atoms with Crippen molar-refractivity contribution in [2.24, 2.45) is 10.3 Å². The standard InChI is InChI=1S/C19H26N4O3S.ClH/c1-22(19-16-4-2-3-5-17(16)27(25,26)21-19)13-18(24)23-10-8-15(9-11-23)20-12-14-6-7-14;/h2-5,14-15,20H,6-13H2,1H3;1H. The quantitative estimate of drug-likeness (QED) is 0.771. The molecular weight excluding hydrogens is 400 g/mol. The second-order valence-corrected chi connectivity index (χ2v) is 9.32.